The van der Waals surface area contributed by atoms with Crippen LogP contribution in [-0.2, 0) is 57.9 Å². The number of ether oxygens (including phenoxy) is 4. The third-order valence-corrected chi connectivity index (χ3v) is 6.81. The van der Waals surface area contributed by atoms with Gasteiger partial charge in [-0.3, -0.25) is 8.98 Å². The second-order valence-electron chi connectivity index (χ2n) is 9.59. The molecule has 1 aliphatic heterocycles. The molecule has 4 rings (SSSR count). The largest absolute Gasteiger partial charge is 0.374 e. The third kappa shape index (κ3) is 9.22. The van der Waals surface area contributed by atoms with Crippen molar-refractivity contribution >= 4 is 16.0 Å². The lowest BCUT2D eigenvalue weighted by Crippen LogP contribution is -2.66. The van der Waals surface area contributed by atoms with E-state index in [-0.39, 0.29) is 32.3 Å². The van der Waals surface area contributed by atoms with Crippen LogP contribution in [-0.4, -0.2) is 57.8 Å². The van der Waals surface area contributed by atoms with Crippen LogP contribution < -0.4 is 5.32 Å². The quantitative estimate of drug-likeness (QED) is 0.311. The van der Waals surface area contributed by atoms with Gasteiger partial charge >= 0.3 is 0 Å². The summed E-state index contributed by atoms with van der Waals surface area (Å²) in [5.41, 5.74) is 2.72. The highest BCUT2D eigenvalue weighted by Crippen LogP contribution is 2.30. The first-order valence-electron chi connectivity index (χ1n) is 13.0. The SMILES string of the molecule is CC(=O)NC1C(OCc2ccccc2)OC(COCc2ccccc2)C(OS(C)(=O)=O)C1OCc1ccccc1. The van der Waals surface area contributed by atoms with Crippen LogP contribution in [0.5, 0.6) is 0 Å². The van der Waals surface area contributed by atoms with E-state index in [1.807, 2.05) is 91.0 Å². The number of carbonyl (C=O) groups excluding carboxylic acids is 1. The first-order valence-corrected chi connectivity index (χ1v) is 14.8. The van der Waals surface area contributed by atoms with E-state index < -0.39 is 40.8 Å². The molecule has 0 spiro atoms. The minimum Gasteiger partial charge on any atom is -0.374 e. The Morgan fingerprint density at radius 1 is 0.775 bits per heavy atom. The first kappa shape index (κ1) is 29.9. The van der Waals surface area contributed by atoms with Crippen molar-refractivity contribution in [3.05, 3.63) is 108 Å². The van der Waals surface area contributed by atoms with E-state index in [0.29, 0.717) is 0 Å². The minimum absolute atomic E-state index is 0.00172. The highest BCUT2D eigenvalue weighted by Gasteiger charge is 2.50. The van der Waals surface area contributed by atoms with Crippen LogP contribution in [0, 0.1) is 0 Å². The smallest absolute Gasteiger partial charge is 0.264 e. The molecule has 10 heteroatoms. The van der Waals surface area contributed by atoms with Crippen LogP contribution in [0.1, 0.15) is 23.6 Å². The maximum Gasteiger partial charge on any atom is 0.264 e. The van der Waals surface area contributed by atoms with Crippen LogP contribution in [0.25, 0.3) is 0 Å². The van der Waals surface area contributed by atoms with Gasteiger partial charge in [-0.05, 0) is 16.7 Å². The Kier molecular flexibility index (Phi) is 10.8. The summed E-state index contributed by atoms with van der Waals surface area (Å²) in [7, 11) is -3.94. The molecule has 1 N–H and O–H groups in total. The molecule has 1 heterocycles. The molecule has 5 atom stereocenters. The van der Waals surface area contributed by atoms with Gasteiger partial charge in [-0.25, -0.2) is 0 Å². The molecular weight excluding hydrogens is 534 g/mol. The molecule has 0 aromatic heterocycles. The molecule has 40 heavy (non-hydrogen) atoms. The van der Waals surface area contributed by atoms with Crippen LogP contribution in [0.2, 0.25) is 0 Å². The lowest BCUT2D eigenvalue weighted by Gasteiger charge is -2.45. The number of carbonyl (C=O) groups is 1. The zero-order valence-electron chi connectivity index (χ0n) is 22.5. The van der Waals surface area contributed by atoms with E-state index in [1.165, 1.54) is 6.92 Å². The summed E-state index contributed by atoms with van der Waals surface area (Å²) in [5.74, 6) is -0.355. The summed E-state index contributed by atoms with van der Waals surface area (Å²) in [4.78, 5) is 12.3. The average molecular weight is 570 g/mol. The van der Waals surface area contributed by atoms with Crippen molar-refractivity contribution in [2.24, 2.45) is 0 Å². The zero-order valence-corrected chi connectivity index (χ0v) is 23.4. The van der Waals surface area contributed by atoms with Crippen LogP contribution in [0.15, 0.2) is 91.0 Å². The Balaban J connectivity index is 1.62. The van der Waals surface area contributed by atoms with Crippen molar-refractivity contribution in [1.82, 2.24) is 5.32 Å². The fourth-order valence-electron chi connectivity index (χ4n) is 4.47. The normalized spacial score (nSPS) is 23.0. The Morgan fingerprint density at radius 3 is 1.77 bits per heavy atom. The summed E-state index contributed by atoms with van der Waals surface area (Å²) in [5, 5.41) is 2.84. The van der Waals surface area contributed by atoms with Gasteiger partial charge < -0.3 is 24.3 Å². The predicted molar refractivity (Wildman–Crippen MR) is 148 cm³/mol. The molecule has 1 aliphatic rings. The number of hydrogen-bond donors (Lipinski definition) is 1. The molecule has 214 valence electrons. The molecular formula is C30H35NO8S. The second kappa shape index (κ2) is 14.5. The maximum absolute atomic E-state index is 12.4. The molecule has 0 radical (unpaired) electrons. The van der Waals surface area contributed by atoms with Crippen molar-refractivity contribution in [3.8, 4) is 0 Å². The Bertz CT molecular complexity index is 1290. The summed E-state index contributed by atoms with van der Waals surface area (Å²) in [6.07, 6.45) is -2.96. The average Bonchev–Trinajstić information content (AvgIpc) is 2.94. The summed E-state index contributed by atoms with van der Waals surface area (Å²) in [6, 6.07) is 27.7. The molecule has 3 aromatic rings. The fourth-order valence-corrected chi connectivity index (χ4v) is 5.11. The predicted octanol–water partition coefficient (Wildman–Crippen LogP) is 3.58. The van der Waals surface area contributed by atoms with Gasteiger partial charge in [0.05, 0.1) is 32.7 Å². The summed E-state index contributed by atoms with van der Waals surface area (Å²) in [6.45, 7) is 1.99. The number of amides is 1. The van der Waals surface area contributed by atoms with Crippen LogP contribution in [0.4, 0.5) is 0 Å². The topological polar surface area (TPSA) is 109 Å². The lowest BCUT2D eigenvalue weighted by molar-refractivity contribution is -0.279. The van der Waals surface area contributed by atoms with Crippen molar-refractivity contribution in [1.29, 1.82) is 0 Å². The number of nitrogens with one attached hydrogen (secondary N) is 1. The highest BCUT2D eigenvalue weighted by atomic mass is 32.2. The van der Waals surface area contributed by atoms with Gasteiger partial charge in [0.15, 0.2) is 6.29 Å². The zero-order chi connectivity index (χ0) is 28.4. The van der Waals surface area contributed by atoms with Gasteiger partial charge in [0.2, 0.25) is 5.91 Å². The van der Waals surface area contributed by atoms with Gasteiger partial charge in [0, 0.05) is 6.92 Å². The van der Waals surface area contributed by atoms with Crippen molar-refractivity contribution < 1.29 is 36.3 Å². The third-order valence-electron chi connectivity index (χ3n) is 6.24. The van der Waals surface area contributed by atoms with Gasteiger partial charge in [0.1, 0.15) is 24.4 Å². The molecule has 0 aliphatic carbocycles. The first-order chi connectivity index (χ1) is 19.3. The Hall–Kier alpha value is -3.12. The summed E-state index contributed by atoms with van der Waals surface area (Å²) >= 11 is 0. The molecule has 1 amide bonds. The van der Waals surface area contributed by atoms with Gasteiger partial charge in [-0.1, -0.05) is 91.0 Å². The van der Waals surface area contributed by atoms with Crippen molar-refractivity contribution in [2.45, 2.75) is 57.4 Å². The fraction of sp³-hybridized carbons (Fsp3) is 0.367. The number of rotatable bonds is 13. The van der Waals surface area contributed by atoms with E-state index in [1.54, 1.807) is 0 Å². The number of benzene rings is 3. The summed E-state index contributed by atoms with van der Waals surface area (Å²) < 4.78 is 55.0. The molecule has 1 saturated heterocycles. The minimum atomic E-state index is -3.94. The molecule has 0 bridgehead atoms. The molecule has 1 fully saturated rings. The van der Waals surface area contributed by atoms with Crippen LogP contribution >= 0.6 is 0 Å². The maximum atomic E-state index is 12.4. The molecule has 9 nitrogen and oxygen atoms in total. The van der Waals surface area contributed by atoms with E-state index in [4.69, 9.17) is 23.1 Å². The monoisotopic (exact) mass is 569 g/mol. The van der Waals surface area contributed by atoms with E-state index >= 15 is 0 Å². The van der Waals surface area contributed by atoms with E-state index in [0.717, 1.165) is 22.9 Å². The lowest BCUT2D eigenvalue weighted by atomic mass is 9.96. The molecule has 0 saturated carbocycles. The van der Waals surface area contributed by atoms with Crippen molar-refractivity contribution in [2.75, 3.05) is 12.9 Å². The Morgan fingerprint density at radius 2 is 1.27 bits per heavy atom. The van der Waals surface area contributed by atoms with E-state index in [9.17, 15) is 13.2 Å². The molecule has 3 aromatic carbocycles. The van der Waals surface area contributed by atoms with Crippen molar-refractivity contribution in [3.63, 3.8) is 0 Å². The molecule has 5 unspecified atom stereocenters. The highest BCUT2D eigenvalue weighted by molar-refractivity contribution is 7.86. The van der Waals surface area contributed by atoms with Gasteiger partial charge in [0.25, 0.3) is 10.1 Å². The standard InChI is InChI=1S/C30H35NO8S/c1-22(32)31-27-29(36-19-24-14-8-4-9-15-24)28(39-40(2,33)34)26(21-35-18-23-12-6-3-7-13-23)38-30(27)37-20-25-16-10-5-11-17-25/h3-17,26-30H,18-21H2,1-2H3,(H,31,32). The van der Waals surface area contributed by atoms with Crippen LogP contribution in [0.3, 0.4) is 0 Å². The Labute approximate surface area is 235 Å². The van der Waals surface area contributed by atoms with Gasteiger partial charge in [-0.2, -0.15) is 8.42 Å². The van der Waals surface area contributed by atoms with E-state index in [2.05, 4.69) is 5.32 Å². The van der Waals surface area contributed by atoms with Gasteiger partial charge in [-0.15, -0.1) is 0 Å². The number of hydrogen-bond acceptors (Lipinski definition) is 8. The second-order valence-corrected chi connectivity index (χ2v) is 11.2.